The molecule has 3 aliphatic rings. The van der Waals surface area contributed by atoms with E-state index in [1.807, 2.05) is 26.8 Å². The molecule has 3 aliphatic carbocycles. The first kappa shape index (κ1) is 38.6. The molecular formula is C39H64O2. The average Bonchev–Trinajstić information content (AvgIpc) is 3.55. The number of rotatable bonds is 4. The number of hydrogen-bond acceptors (Lipinski definition) is 1. The molecule has 0 heterocycles. The molecule has 0 spiro atoms. The lowest BCUT2D eigenvalue weighted by molar-refractivity contribution is 0.0696. The maximum Gasteiger partial charge on any atom is 0.335 e. The van der Waals surface area contributed by atoms with Gasteiger partial charge in [-0.2, -0.15) is 0 Å². The van der Waals surface area contributed by atoms with Crippen LogP contribution in [-0.2, 0) is 0 Å². The van der Waals surface area contributed by atoms with Gasteiger partial charge in [-0.1, -0.05) is 95.6 Å². The molecule has 1 fully saturated rings. The van der Waals surface area contributed by atoms with Crippen molar-refractivity contribution >= 4 is 5.97 Å². The molecule has 0 saturated heterocycles. The van der Waals surface area contributed by atoms with Crippen LogP contribution >= 0.6 is 0 Å². The third-order valence-electron chi connectivity index (χ3n) is 9.63. The lowest BCUT2D eigenvalue weighted by Gasteiger charge is -2.19. The van der Waals surface area contributed by atoms with Crippen LogP contribution < -0.4 is 0 Å². The molecule has 41 heavy (non-hydrogen) atoms. The zero-order valence-corrected chi connectivity index (χ0v) is 28.8. The molecule has 1 N–H and O–H groups in total. The summed E-state index contributed by atoms with van der Waals surface area (Å²) < 4.78 is 0. The van der Waals surface area contributed by atoms with Crippen molar-refractivity contribution in [1.82, 2.24) is 0 Å². The fourth-order valence-electron chi connectivity index (χ4n) is 4.88. The van der Waals surface area contributed by atoms with Crippen molar-refractivity contribution in [2.45, 2.75) is 122 Å². The first-order valence-electron chi connectivity index (χ1n) is 16.1. The van der Waals surface area contributed by atoms with Crippen molar-refractivity contribution in [2.75, 3.05) is 0 Å². The van der Waals surface area contributed by atoms with Crippen LogP contribution in [0.4, 0.5) is 0 Å². The second-order valence-corrected chi connectivity index (χ2v) is 12.7. The molecule has 1 aromatic rings. The third-order valence-corrected chi connectivity index (χ3v) is 9.63. The van der Waals surface area contributed by atoms with Gasteiger partial charge in [-0.25, -0.2) is 4.79 Å². The standard InChI is InChI=1S/C9H10O2.C9H14.C8H14.C8H16.C5H10/c1-6-3-4-8(9(10)11)5-7(6)2;1-6-7(2)9-4-3-8(6)5-9;1-7-5-3-4-6-8(7)2;1-5-7(3)8(4)6-2;1-4-5(2)3/h3-5H,1-2H3,(H,10,11);3-4,6-9H,5H2,1-2H3;3-4,7-8H,5-6H2,1-2H3;5-6H2,1-4H3;2,4H2,1,3H3/b;;;8-7-;. The van der Waals surface area contributed by atoms with Gasteiger partial charge in [-0.15, -0.1) is 6.58 Å². The molecule has 0 aliphatic heterocycles. The van der Waals surface area contributed by atoms with Crippen molar-refractivity contribution in [3.05, 3.63) is 82.5 Å². The summed E-state index contributed by atoms with van der Waals surface area (Å²) in [6.45, 7) is 29.9. The van der Waals surface area contributed by atoms with Crippen molar-refractivity contribution in [2.24, 2.45) is 35.5 Å². The number of hydrogen-bond donors (Lipinski definition) is 1. The van der Waals surface area contributed by atoms with Gasteiger partial charge in [-0.05, 0) is 132 Å². The SMILES string of the molecule is C=C(C)CC.CC/C(C)=C(/C)CC.CC1C2C=CC(C2)C1C.CC1CC=CCC1C.Cc1ccc(C(=O)O)cc1C. The molecule has 0 amide bonds. The Bertz CT molecular complexity index is 968. The second-order valence-electron chi connectivity index (χ2n) is 12.7. The minimum absolute atomic E-state index is 0.355. The fraction of sp³-hybridized carbons (Fsp3) is 0.615. The Kier molecular flexibility index (Phi) is 19.3. The van der Waals surface area contributed by atoms with Gasteiger partial charge in [-0.3, -0.25) is 0 Å². The summed E-state index contributed by atoms with van der Waals surface area (Å²) in [5.74, 6) is 4.75. The highest BCUT2D eigenvalue weighted by molar-refractivity contribution is 5.87. The Hall–Kier alpha value is -2.35. The van der Waals surface area contributed by atoms with Gasteiger partial charge in [0, 0.05) is 0 Å². The Morgan fingerprint density at radius 1 is 0.780 bits per heavy atom. The van der Waals surface area contributed by atoms with Crippen LogP contribution in [0.2, 0.25) is 0 Å². The van der Waals surface area contributed by atoms with Gasteiger partial charge in [0.05, 0.1) is 5.56 Å². The Balaban J connectivity index is 0.000000498. The summed E-state index contributed by atoms with van der Waals surface area (Å²) in [5, 5.41) is 8.60. The number of aryl methyl sites for hydroxylation is 2. The van der Waals surface area contributed by atoms with Gasteiger partial charge in [0.15, 0.2) is 0 Å². The summed E-state index contributed by atoms with van der Waals surface area (Å²) in [6.07, 6.45) is 17.0. The van der Waals surface area contributed by atoms with Crippen LogP contribution in [0, 0.1) is 49.4 Å². The van der Waals surface area contributed by atoms with Gasteiger partial charge < -0.3 is 5.11 Å². The number of fused-ring (bicyclic) bond motifs is 2. The minimum Gasteiger partial charge on any atom is -0.478 e. The number of aromatic carboxylic acids is 1. The number of carboxylic acid groups (broad SMARTS) is 1. The molecule has 2 bridgehead atoms. The largest absolute Gasteiger partial charge is 0.478 e. The zero-order chi connectivity index (χ0) is 31.7. The molecule has 6 unspecified atom stereocenters. The number of carbonyl (C=O) groups is 1. The quantitative estimate of drug-likeness (QED) is 0.369. The smallest absolute Gasteiger partial charge is 0.335 e. The van der Waals surface area contributed by atoms with E-state index in [1.54, 1.807) is 23.3 Å². The van der Waals surface area contributed by atoms with Crippen molar-refractivity contribution in [1.29, 1.82) is 0 Å². The Morgan fingerprint density at radius 2 is 1.20 bits per heavy atom. The monoisotopic (exact) mass is 564 g/mol. The molecule has 232 valence electrons. The molecule has 6 atom stereocenters. The molecule has 1 aromatic carbocycles. The van der Waals surface area contributed by atoms with Gasteiger partial charge in [0.1, 0.15) is 0 Å². The Labute approximate surface area is 255 Å². The van der Waals surface area contributed by atoms with E-state index in [9.17, 15) is 4.79 Å². The lowest BCUT2D eigenvalue weighted by Crippen LogP contribution is -2.12. The predicted molar refractivity (Wildman–Crippen MR) is 183 cm³/mol. The highest BCUT2D eigenvalue weighted by atomic mass is 16.4. The van der Waals surface area contributed by atoms with Crippen LogP contribution in [0.15, 0.2) is 65.8 Å². The van der Waals surface area contributed by atoms with E-state index in [0.717, 1.165) is 53.1 Å². The fourth-order valence-corrected chi connectivity index (χ4v) is 4.88. The van der Waals surface area contributed by atoms with Crippen LogP contribution in [-0.4, -0.2) is 11.1 Å². The van der Waals surface area contributed by atoms with Crippen molar-refractivity contribution < 1.29 is 9.90 Å². The van der Waals surface area contributed by atoms with E-state index >= 15 is 0 Å². The second kappa shape index (κ2) is 20.5. The number of benzene rings is 1. The molecule has 0 aromatic heterocycles. The molecule has 1 saturated carbocycles. The van der Waals surface area contributed by atoms with Gasteiger partial charge >= 0.3 is 5.97 Å². The molecule has 0 radical (unpaired) electrons. The first-order chi connectivity index (χ1) is 19.2. The molecule has 2 heteroatoms. The van der Waals surface area contributed by atoms with Crippen molar-refractivity contribution in [3.8, 4) is 0 Å². The maximum atomic E-state index is 10.5. The van der Waals surface area contributed by atoms with Crippen LogP contribution in [0.5, 0.6) is 0 Å². The average molecular weight is 565 g/mol. The zero-order valence-electron chi connectivity index (χ0n) is 28.8. The van der Waals surface area contributed by atoms with E-state index < -0.39 is 5.97 Å². The first-order valence-corrected chi connectivity index (χ1v) is 16.1. The van der Waals surface area contributed by atoms with Crippen molar-refractivity contribution in [3.63, 3.8) is 0 Å². The normalized spacial score (nSPS) is 25.6. The molecule has 2 nitrogen and oxygen atoms in total. The predicted octanol–water partition coefficient (Wildman–Crippen LogP) is 12.2. The van der Waals surface area contributed by atoms with Crippen LogP contribution in [0.3, 0.4) is 0 Å². The summed E-state index contributed by atoms with van der Waals surface area (Å²) in [7, 11) is 0. The Morgan fingerprint density at radius 3 is 1.44 bits per heavy atom. The summed E-state index contributed by atoms with van der Waals surface area (Å²) in [4.78, 5) is 10.5. The molecule has 4 rings (SSSR count). The third kappa shape index (κ3) is 14.9. The van der Waals surface area contributed by atoms with E-state index in [2.05, 4.69) is 93.2 Å². The van der Waals surface area contributed by atoms with Crippen LogP contribution in [0.25, 0.3) is 0 Å². The van der Waals surface area contributed by atoms with Crippen LogP contribution in [0.1, 0.15) is 129 Å². The summed E-state index contributed by atoms with van der Waals surface area (Å²) >= 11 is 0. The van der Waals surface area contributed by atoms with E-state index in [4.69, 9.17) is 5.11 Å². The summed E-state index contributed by atoms with van der Waals surface area (Å²) in [6, 6.07) is 5.11. The maximum absolute atomic E-state index is 10.5. The molecular weight excluding hydrogens is 500 g/mol. The van der Waals surface area contributed by atoms with Gasteiger partial charge in [0.25, 0.3) is 0 Å². The highest BCUT2D eigenvalue weighted by Crippen LogP contribution is 2.47. The minimum atomic E-state index is -0.867. The highest BCUT2D eigenvalue weighted by Gasteiger charge is 2.38. The van der Waals surface area contributed by atoms with Gasteiger partial charge in [0.2, 0.25) is 0 Å². The van der Waals surface area contributed by atoms with E-state index in [1.165, 1.54) is 37.7 Å². The number of allylic oxidation sites excluding steroid dienone is 7. The topological polar surface area (TPSA) is 37.3 Å². The van der Waals surface area contributed by atoms with E-state index in [-0.39, 0.29) is 0 Å². The number of carboxylic acids is 1. The van der Waals surface area contributed by atoms with E-state index in [0.29, 0.717) is 5.56 Å². The lowest BCUT2D eigenvalue weighted by atomic mass is 9.86. The summed E-state index contributed by atoms with van der Waals surface area (Å²) in [5.41, 5.74) is 6.85.